The zero-order chi connectivity index (χ0) is 17.4. The van der Waals surface area contributed by atoms with Crippen molar-refractivity contribution < 1.29 is 8.78 Å². The van der Waals surface area contributed by atoms with Crippen LogP contribution in [0.15, 0.2) is 40.2 Å². The summed E-state index contributed by atoms with van der Waals surface area (Å²) in [6.07, 6.45) is 3.47. The zero-order valence-electron chi connectivity index (χ0n) is 14.9. The highest BCUT2D eigenvalue weighted by molar-refractivity contribution is 6.03. The molecule has 1 unspecified atom stereocenters. The second-order valence-electron chi connectivity index (χ2n) is 5.81. The maximum atomic E-state index is 13.5. The highest BCUT2D eigenvalue weighted by Gasteiger charge is 2.24. The van der Waals surface area contributed by atoms with Crippen LogP contribution in [0.4, 0.5) is 8.78 Å². The van der Waals surface area contributed by atoms with Gasteiger partial charge in [0.25, 0.3) is 6.43 Å². The van der Waals surface area contributed by atoms with Crippen molar-refractivity contribution >= 4 is 5.71 Å². The standard InChI is InChI=1S/C18H29F2N3/c1-6-8-9-22-14(4)17(16(7-2)18(19)20)15(5)23-11-10-21-13(3)12-23/h7-9,13,18,21H,6,10-12H2,1-5H3/b9-8+,16-7+,17-15-,22-14+. The Balaban J connectivity index is 3.28. The van der Waals surface area contributed by atoms with E-state index in [1.165, 1.54) is 6.08 Å². The number of aliphatic imine (C=N–C) groups is 1. The number of nitrogens with one attached hydrogen (secondary N) is 1. The van der Waals surface area contributed by atoms with E-state index in [0.717, 1.165) is 31.8 Å². The highest BCUT2D eigenvalue weighted by Crippen LogP contribution is 2.26. The van der Waals surface area contributed by atoms with Crippen molar-refractivity contribution in [1.82, 2.24) is 10.2 Å². The highest BCUT2D eigenvalue weighted by atomic mass is 19.3. The number of rotatable bonds is 6. The van der Waals surface area contributed by atoms with Crippen molar-refractivity contribution in [1.29, 1.82) is 0 Å². The summed E-state index contributed by atoms with van der Waals surface area (Å²) in [5.41, 5.74) is 2.13. The van der Waals surface area contributed by atoms with Crippen molar-refractivity contribution in [2.24, 2.45) is 4.99 Å². The fourth-order valence-electron chi connectivity index (χ4n) is 2.79. The Bertz CT molecular complexity index is 504. The summed E-state index contributed by atoms with van der Waals surface area (Å²) in [6, 6.07) is 0.345. The quantitative estimate of drug-likeness (QED) is 0.587. The predicted octanol–water partition coefficient (Wildman–Crippen LogP) is 4.15. The number of halogens is 2. The molecule has 0 aromatic heterocycles. The van der Waals surface area contributed by atoms with E-state index in [1.807, 2.05) is 19.9 Å². The van der Waals surface area contributed by atoms with Gasteiger partial charge in [0.05, 0.1) is 0 Å². The molecular weight excluding hydrogens is 296 g/mol. The molecule has 0 aromatic carbocycles. The van der Waals surface area contributed by atoms with E-state index in [-0.39, 0.29) is 5.57 Å². The van der Waals surface area contributed by atoms with E-state index in [9.17, 15) is 8.78 Å². The van der Waals surface area contributed by atoms with E-state index in [4.69, 9.17) is 0 Å². The van der Waals surface area contributed by atoms with E-state index in [1.54, 1.807) is 20.0 Å². The second-order valence-corrected chi connectivity index (χ2v) is 5.81. The lowest BCUT2D eigenvalue weighted by Gasteiger charge is -2.35. The molecule has 130 valence electrons. The third-order valence-electron chi connectivity index (χ3n) is 4.01. The first-order chi connectivity index (χ1) is 10.9. The SMILES string of the molecule is C\C=C(C(/C(C)=N/C=C/CC)=C(/C)N1CCNC(C)C1)\C(F)F. The fraction of sp³-hybridized carbons (Fsp3) is 0.611. The maximum absolute atomic E-state index is 13.5. The molecule has 5 heteroatoms. The van der Waals surface area contributed by atoms with Gasteiger partial charge in [-0.05, 0) is 34.1 Å². The lowest BCUT2D eigenvalue weighted by molar-refractivity contribution is 0.191. The van der Waals surface area contributed by atoms with Gasteiger partial charge in [-0.15, -0.1) is 0 Å². The van der Waals surface area contributed by atoms with Crippen LogP contribution in [-0.4, -0.2) is 42.7 Å². The van der Waals surface area contributed by atoms with Crippen LogP contribution in [0.1, 0.15) is 41.0 Å². The zero-order valence-corrected chi connectivity index (χ0v) is 14.9. The second kappa shape index (κ2) is 9.60. The van der Waals surface area contributed by atoms with E-state index < -0.39 is 6.43 Å². The molecule has 0 spiro atoms. The van der Waals surface area contributed by atoms with Crippen molar-refractivity contribution in [3.05, 3.63) is 35.2 Å². The molecule has 1 fully saturated rings. The first kappa shape index (κ1) is 19.6. The Morgan fingerprint density at radius 1 is 1.39 bits per heavy atom. The minimum Gasteiger partial charge on any atom is -0.372 e. The largest absolute Gasteiger partial charge is 0.372 e. The summed E-state index contributed by atoms with van der Waals surface area (Å²) >= 11 is 0. The van der Waals surface area contributed by atoms with Crippen LogP contribution >= 0.6 is 0 Å². The summed E-state index contributed by atoms with van der Waals surface area (Å²) in [6.45, 7) is 12.0. The monoisotopic (exact) mass is 325 g/mol. The molecule has 3 nitrogen and oxygen atoms in total. The van der Waals surface area contributed by atoms with Crippen LogP contribution in [0.5, 0.6) is 0 Å². The van der Waals surface area contributed by atoms with Gasteiger partial charge >= 0.3 is 0 Å². The summed E-state index contributed by atoms with van der Waals surface area (Å²) in [4.78, 5) is 6.53. The lowest BCUT2D eigenvalue weighted by Crippen LogP contribution is -2.48. The van der Waals surface area contributed by atoms with E-state index in [2.05, 4.69) is 22.1 Å². The maximum Gasteiger partial charge on any atom is 0.264 e. The average Bonchev–Trinajstić information content (AvgIpc) is 2.51. The topological polar surface area (TPSA) is 27.6 Å². The third-order valence-corrected chi connectivity index (χ3v) is 4.01. The minimum absolute atomic E-state index is 0.0554. The van der Waals surface area contributed by atoms with E-state index >= 15 is 0 Å². The van der Waals surface area contributed by atoms with Gasteiger partial charge in [0.2, 0.25) is 0 Å². The van der Waals surface area contributed by atoms with Crippen LogP contribution in [-0.2, 0) is 0 Å². The summed E-state index contributed by atoms with van der Waals surface area (Å²) in [5.74, 6) is 0. The van der Waals surface area contributed by atoms with Crippen LogP contribution in [0.2, 0.25) is 0 Å². The first-order valence-electron chi connectivity index (χ1n) is 8.26. The van der Waals surface area contributed by atoms with Crippen molar-refractivity contribution in [3.63, 3.8) is 0 Å². The Morgan fingerprint density at radius 3 is 2.61 bits per heavy atom. The number of alkyl halides is 2. The normalized spacial score (nSPS) is 22.1. The van der Waals surface area contributed by atoms with Crippen LogP contribution in [0, 0.1) is 0 Å². The molecular formula is C18H29F2N3. The summed E-state index contributed by atoms with van der Waals surface area (Å²) in [5, 5.41) is 3.37. The number of hydrogen-bond acceptors (Lipinski definition) is 3. The molecule has 0 saturated carbocycles. The molecule has 1 N–H and O–H groups in total. The molecule has 1 aliphatic heterocycles. The third kappa shape index (κ3) is 5.57. The van der Waals surface area contributed by atoms with E-state index in [0.29, 0.717) is 17.3 Å². The average molecular weight is 325 g/mol. The Labute approximate surface area is 138 Å². The van der Waals surface area contributed by atoms with Gasteiger partial charge in [0.15, 0.2) is 0 Å². The molecule has 0 aromatic rings. The molecule has 23 heavy (non-hydrogen) atoms. The van der Waals surface area contributed by atoms with Crippen LogP contribution < -0.4 is 5.32 Å². The van der Waals surface area contributed by atoms with Gasteiger partial charge in [-0.2, -0.15) is 0 Å². The molecule has 0 amide bonds. The summed E-state index contributed by atoms with van der Waals surface area (Å²) in [7, 11) is 0. The number of allylic oxidation sites excluding steroid dienone is 5. The molecule has 1 aliphatic rings. The molecule has 1 atom stereocenters. The van der Waals surface area contributed by atoms with Crippen molar-refractivity contribution in [2.45, 2.75) is 53.5 Å². The molecule has 1 rings (SSSR count). The van der Waals surface area contributed by atoms with Gasteiger partial charge in [-0.1, -0.05) is 19.1 Å². The molecule has 0 radical (unpaired) electrons. The Hall–Kier alpha value is -1.49. The minimum atomic E-state index is -2.51. The van der Waals surface area contributed by atoms with Gasteiger partial charge < -0.3 is 10.2 Å². The number of nitrogens with zero attached hydrogens (tertiary/aromatic N) is 2. The van der Waals surface area contributed by atoms with Crippen molar-refractivity contribution in [2.75, 3.05) is 19.6 Å². The van der Waals surface area contributed by atoms with Gasteiger partial charge in [0, 0.05) is 54.4 Å². The lowest BCUT2D eigenvalue weighted by atomic mass is 9.98. The Kier molecular flexibility index (Phi) is 8.17. The fourth-order valence-corrected chi connectivity index (χ4v) is 2.79. The smallest absolute Gasteiger partial charge is 0.264 e. The molecule has 0 aliphatic carbocycles. The molecule has 1 heterocycles. The number of hydrogen-bond donors (Lipinski definition) is 1. The predicted molar refractivity (Wildman–Crippen MR) is 94.0 cm³/mol. The van der Waals surface area contributed by atoms with Crippen molar-refractivity contribution in [3.8, 4) is 0 Å². The molecule has 1 saturated heterocycles. The Morgan fingerprint density at radius 2 is 2.09 bits per heavy atom. The van der Waals surface area contributed by atoms with Crippen LogP contribution in [0.25, 0.3) is 0 Å². The summed E-state index contributed by atoms with van der Waals surface area (Å²) < 4.78 is 27.0. The first-order valence-corrected chi connectivity index (χ1v) is 8.26. The number of piperazine rings is 1. The molecule has 0 bridgehead atoms. The van der Waals surface area contributed by atoms with Crippen LogP contribution in [0.3, 0.4) is 0 Å². The van der Waals surface area contributed by atoms with Gasteiger partial charge in [-0.3, -0.25) is 4.99 Å². The van der Waals surface area contributed by atoms with Gasteiger partial charge in [-0.25, -0.2) is 8.78 Å². The van der Waals surface area contributed by atoms with Gasteiger partial charge in [0.1, 0.15) is 0 Å².